The predicted molar refractivity (Wildman–Crippen MR) is 79.3 cm³/mol. The number of rotatable bonds is 3. The summed E-state index contributed by atoms with van der Waals surface area (Å²) in [5, 5.41) is 3.16. The van der Waals surface area contributed by atoms with Crippen molar-refractivity contribution in [3.63, 3.8) is 0 Å². The SMILES string of the molecule is Cc1cc(N)c(Cl)cc1NC(=O)Cc1ccc(F)cc1. The van der Waals surface area contributed by atoms with Gasteiger partial charge in [-0.3, -0.25) is 4.79 Å². The number of hydrogen-bond donors (Lipinski definition) is 2. The Morgan fingerprint density at radius 2 is 1.95 bits per heavy atom. The Labute approximate surface area is 121 Å². The van der Waals surface area contributed by atoms with Crippen LogP contribution in [0.15, 0.2) is 36.4 Å². The van der Waals surface area contributed by atoms with E-state index < -0.39 is 0 Å². The summed E-state index contributed by atoms with van der Waals surface area (Å²) in [6.07, 6.45) is 0.168. The van der Waals surface area contributed by atoms with E-state index in [1.165, 1.54) is 12.1 Å². The summed E-state index contributed by atoms with van der Waals surface area (Å²) in [4.78, 5) is 11.9. The molecule has 0 heterocycles. The van der Waals surface area contributed by atoms with Gasteiger partial charge in [0.1, 0.15) is 5.82 Å². The fourth-order valence-corrected chi connectivity index (χ4v) is 1.98. The second-order valence-electron chi connectivity index (χ2n) is 4.54. The summed E-state index contributed by atoms with van der Waals surface area (Å²) < 4.78 is 12.8. The number of aryl methyl sites for hydroxylation is 1. The summed E-state index contributed by atoms with van der Waals surface area (Å²) in [6, 6.07) is 9.14. The fraction of sp³-hybridized carbons (Fsp3) is 0.133. The Balaban J connectivity index is 2.08. The van der Waals surface area contributed by atoms with E-state index in [9.17, 15) is 9.18 Å². The van der Waals surface area contributed by atoms with Gasteiger partial charge in [0.05, 0.1) is 17.1 Å². The first-order valence-electron chi connectivity index (χ1n) is 6.05. The van der Waals surface area contributed by atoms with Crippen LogP contribution in [0.4, 0.5) is 15.8 Å². The molecule has 3 nitrogen and oxygen atoms in total. The number of amides is 1. The topological polar surface area (TPSA) is 55.1 Å². The average Bonchev–Trinajstić information content (AvgIpc) is 2.39. The van der Waals surface area contributed by atoms with Crippen LogP contribution in [0.25, 0.3) is 0 Å². The van der Waals surface area contributed by atoms with E-state index in [1.54, 1.807) is 24.3 Å². The molecular formula is C15H14ClFN2O. The highest BCUT2D eigenvalue weighted by Gasteiger charge is 2.08. The van der Waals surface area contributed by atoms with Crippen molar-refractivity contribution >= 4 is 28.9 Å². The third-order valence-corrected chi connectivity index (χ3v) is 3.22. The molecule has 0 aliphatic heterocycles. The van der Waals surface area contributed by atoms with E-state index in [1.807, 2.05) is 6.92 Å². The van der Waals surface area contributed by atoms with E-state index in [4.69, 9.17) is 17.3 Å². The van der Waals surface area contributed by atoms with Crippen LogP contribution in [0.3, 0.4) is 0 Å². The maximum atomic E-state index is 12.8. The Kier molecular flexibility index (Phi) is 4.25. The molecule has 0 bridgehead atoms. The molecule has 0 unspecified atom stereocenters. The van der Waals surface area contributed by atoms with Crippen LogP contribution in [0.1, 0.15) is 11.1 Å². The van der Waals surface area contributed by atoms with Crippen molar-refractivity contribution in [2.45, 2.75) is 13.3 Å². The zero-order chi connectivity index (χ0) is 14.7. The highest BCUT2D eigenvalue weighted by molar-refractivity contribution is 6.33. The third kappa shape index (κ3) is 3.48. The molecular weight excluding hydrogens is 279 g/mol. The Morgan fingerprint density at radius 1 is 1.30 bits per heavy atom. The number of anilines is 2. The van der Waals surface area contributed by atoms with Gasteiger partial charge in [-0.25, -0.2) is 4.39 Å². The van der Waals surface area contributed by atoms with E-state index in [0.717, 1.165) is 11.1 Å². The summed E-state index contributed by atoms with van der Waals surface area (Å²) in [6.45, 7) is 1.83. The lowest BCUT2D eigenvalue weighted by Crippen LogP contribution is -2.15. The van der Waals surface area contributed by atoms with Gasteiger partial charge in [-0.2, -0.15) is 0 Å². The van der Waals surface area contributed by atoms with E-state index in [2.05, 4.69) is 5.32 Å². The summed E-state index contributed by atoms with van der Waals surface area (Å²) in [7, 11) is 0. The maximum absolute atomic E-state index is 12.8. The molecule has 2 aromatic rings. The molecule has 0 radical (unpaired) electrons. The predicted octanol–water partition coefficient (Wildman–Crippen LogP) is 3.55. The van der Waals surface area contributed by atoms with Gasteiger partial charge in [0, 0.05) is 5.69 Å². The van der Waals surface area contributed by atoms with Crippen molar-refractivity contribution in [1.82, 2.24) is 0 Å². The zero-order valence-electron chi connectivity index (χ0n) is 10.9. The lowest BCUT2D eigenvalue weighted by atomic mass is 10.1. The Bertz CT molecular complexity index is 641. The van der Waals surface area contributed by atoms with Gasteiger partial charge < -0.3 is 11.1 Å². The van der Waals surface area contributed by atoms with Crippen LogP contribution in [-0.2, 0) is 11.2 Å². The largest absolute Gasteiger partial charge is 0.398 e. The molecule has 104 valence electrons. The van der Waals surface area contributed by atoms with Crippen LogP contribution in [-0.4, -0.2) is 5.91 Å². The number of benzene rings is 2. The van der Waals surface area contributed by atoms with Crippen LogP contribution in [0.2, 0.25) is 5.02 Å². The second kappa shape index (κ2) is 5.92. The zero-order valence-corrected chi connectivity index (χ0v) is 11.7. The van der Waals surface area contributed by atoms with Crippen molar-refractivity contribution in [1.29, 1.82) is 0 Å². The van der Waals surface area contributed by atoms with Crippen LogP contribution in [0, 0.1) is 12.7 Å². The highest BCUT2D eigenvalue weighted by Crippen LogP contribution is 2.26. The molecule has 0 spiro atoms. The molecule has 2 aromatic carbocycles. The molecule has 5 heteroatoms. The van der Waals surface area contributed by atoms with Gasteiger partial charge >= 0.3 is 0 Å². The number of nitrogens with one attached hydrogen (secondary N) is 1. The van der Waals surface area contributed by atoms with Crippen molar-refractivity contribution < 1.29 is 9.18 Å². The minimum absolute atomic E-state index is 0.168. The van der Waals surface area contributed by atoms with Crippen LogP contribution in [0.5, 0.6) is 0 Å². The monoisotopic (exact) mass is 292 g/mol. The van der Waals surface area contributed by atoms with Crippen LogP contribution >= 0.6 is 11.6 Å². The summed E-state index contributed by atoms with van der Waals surface area (Å²) >= 11 is 5.93. The first-order chi connectivity index (χ1) is 9.45. The van der Waals surface area contributed by atoms with Gasteiger partial charge in [-0.1, -0.05) is 23.7 Å². The minimum atomic E-state index is -0.324. The molecule has 0 fully saturated rings. The number of halogens is 2. The number of nitrogen functional groups attached to an aromatic ring is 1. The lowest BCUT2D eigenvalue weighted by Gasteiger charge is -2.10. The molecule has 0 saturated heterocycles. The van der Waals surface area contributed by atoms with Crippen molar-refractivity contribution in [3.05, 3.63) is 58.4 Å². The van der Waals surface area contributed by atoms with E-state index in [0.29, 0.717) is 16.4 Å². The van der Waals surface area contributed by atoms with E-state index in [-0.39, 0.29) is 18.1 Å². The normalized spacial score (nSPS) is 10.3. The lowest BCUT2D eigenvalue weighted by molar-refractivity contribution is -0.115. The standard InChI is InChI=1S/C15H14ClFN2O/c1-9-6-13(18)12(16)8-14(9)19-15(20)7-10-2-4-11(17)5-3-10/h2-6,8H,7,18H2,1H3,(H,19,20). The molecule has 0 aliphatic rings. The molecule has 20 heavy (non-hydrogen) atoms. The minimum Gasteiger partial charge on any atom is -0.398 e. The van der Waals surface area contributed by atoms with Crippen molar-refractivity contribution in [3.8, 4) is 0 Å². The number of carbonyl (C=O) groups is 1. The van der Waals surface area contributed by atoms with Gasteiger partial charge in [0.15, 0.2) is 0 Å². The summed E-state index contributed by atoms with van der Waals surface area (Å²) in [5.74, 6) is -0.518. The van der Waals surface area contributed by atoms with Gasteiger partial charge in [0.25, 0.3) is 0 Å². The smallest absolute Gasteiger partial charge is 0.228 e. The van der Waals surface area contributed by atoms with Gasteiger partial charge in [0.2, 0.25) is 5.91 Å². The molecule has 0 saturated carbocycles. The quantitative estimate of drug-likeness (QED) is 0.850. The van der Waals surface area contributed by atoms with Gasteiger partial charge in [-0.15, -0.1) is 0 Å². The molecule has 0 aliphatic carbocycles. The van der Waals surface area contributed by atoms with Gasteiger partial charge in [-0.05, 0) is 42.3 Å². The van der Waals surface area contributed by atoms with Crippen molar-refractivity contribution in [2.24, 2.45) is 0 Å². The number of carbonyl (C=O) groups excluding carboxylic acids is 1. The molecule has 2 rings (SSSR count). The summed E-state index contributed by atoms with van der Waals surface area (Å²) in [5.41, 5.74) is 8.34. The van der Waals surface area contributed by atoms with Crippen molar-refractivity contribution in [2.75, 3.05) is 11.1 Å². The van der Waals surface area contributed by atoms with Crippen LogP contribution < -0.4 is 11.1 Å². The number of hydrogen-bond acceptors (Lipinski definition) is 2. The maximum Gasteiger partial charge on any atom is 0.228 e. The first-order valence-corrected chi connectivity index (χ1v) is 6.43. The Hall–Kier alpha value is -2.07. The molecule has 0 atom stereocenters. The van der Waals surface area contributed by atoms with E-state index >= 15 is 0 Å². The first kappa shape index (κ1) is 14.3. The second-order valence-corrected chi connectivity index (χ2v) is 4.95. The molecule has 1 amide bonds. The number of nitrogens with two attached hydrogens (primary N) is 1. The third-order valence-electron chi connectivity index (χ3n) is 2.90. The fourth-order valence-electron chi connectivity index (χ4n) is 1.82. The highest BCUT2D eigenvalue weighted by atomic mass is 35.5. The molecule has 3 N–H and O–H groups in total. The Morgan fingerprint density at radius 3 is 2.60 bits per heavy atom. The molecule has 0 aromatic heterocycles. The average molecular weight is 293 g/mol.